The Morgan fingerprint density at radius 1 is 1.21 bits per heavy atom. The highest BCUT2D eigenvalue weighted by molar-refractivity contribution is 5.31. The van der Waals surface area contributed by atoms with E-state index < -0.39 is 17.6 Å². The first kappa shape index (κ1) is 15.8. The zero-order valence-corrected chi connectivity index (χ0v) is 10.7. The lowest BCUT2D eigenvalue weighted by molar-refractivity contribution is -0.140. The Bertz CT molecular complexity index is 393. The zero-order valence-electron chi connectivity index (χ0n) is 10.7. The number of rotatable bonds is 7. The summed E-state index contributed by atoms with van der Waals surface area (Å²) in [7, 11) is 0. The lowest BCUT2D eigenvalue weighted by Gasteiger charge is -2.11. The van der Waals surface area contributed by atoms with Crippen LogP contribution in [-0.4, -0.2) is 19.7 Å². The minimum atomic E-state index is -4.70. The summed E-state index contributed by atoms with van der Waals surface area (Å²) in [4.78, 5) is 0. The van der Waals surface area contributed by atoms with Gasteiger partial charge in [-0.3, -0.25) is 0 Å². The molecule has 0 unspecified atom stereocenters. The van der Waals surface area contributed by atoms with Crippen LogP contribution < -0.4 is 10.1 Å². The van der Waals surface area contributed by atoms with Crippen LogP contribution in [0.25, 0.3) is 0 Å². The predicted molar refractivity (Wildman–Crippen MR) is 64.7 cm³/mol. The number of halogens is 4. The van der Waals surface area contributed by atoms with E-state index in [-0.39, 0.29) is 5.75 Å². The molecule has 2 nitrogen and oxygen atoms in total. The number of nitrogens with one attached hydrogen (secondary N) is 1. The predicted octanol–water partition coefficient (Wildman–Crippen LogP) is 3.61. The van der Waals surface area contributed by atoms with Gasteiger partial charge in [-0.15, -0.1) is 0 Å². The summed E-state index contributed by atoms with van der Waals surface area (Å²) in [6, 6.07) is 2.66. The van der Waals surface area contributed by atoms with E-state index in [0.29, 0.717) is 19.1 Å². The van der Waals surface area contributed by atoms with E-state index in [1.807, 2.05) is 6.92 Å². The Hall–Kier alpha value is -1.30. The average Bonchev–Trinajstić information content (AvgIpc) is 2.34. The van der Waals surface area contributed by atoms with Gasteiger partial charge in [0.15, 0.2) is 0 Å². The van der Waals surface area contributed by atoms with Crippen LogP contribution in [-0.2, 0) is 6.18 Å². The van der Waals surface area contributed by atoms with Gasteiger partial charge in [0, 0.05) is 0 Å². The molecule has 0 aliphatic rings. The van der Waals surface area contributed by atoms with Crippen molar-refractivity contribution >= 4 is 0 Å². The van der Waals surface area contributed by atoms with E-state index in [4.69, 9.17) is 4.74 Å². The SMILES string of the molecule is CCCNCCCOc1ccc(F)c(C(F)(F)F)c1. The van der Waals surface area contributed by atoms with Gasteiger partial charge >= 0.3 is 6.18 Å². The third-order valence-corrected chi connectivity index (χ3v) is 2.44. The van der Waals surface area contributed by atoms with Crippen molar-refractivity contribution < 1.29 is 22.3 Å². The standard InChI is InChI=1S/C13H17F4NO/c1-2-6-18-7-3-8-19-10-4-5-12(14)11(9-10)13(15,16)17/h4-5,9,18H,2-3,6-8H2,1H3. The van der Waals surface area contributed by atoms with E-state index >= 15 is 0 Å². The molecule has 0 spiro atoms. The fourth-order valence-corrected chi connectivity index (χ4v) is 1.50. The maximum atomic E-state index is 13.0. The lowest BCUT2D eigenvalue weighted by atomic mass is 10.2. The van der Waals surface area contributed by atoms with Crippen molar-refractivity contribution in [3.8, 4) is 5.75 Å². The van der Waals surface area contributed by atoms with Gasteiger partial charge in [-0.05, 0) is 44.1 Å². The van der Waals surface area contributed by atoms with Gasteiger partial charge in [-0.25, -0.2) is 4.39 Å². The Morgan fingerprint density at radius 2 is 1.95 bits per heavy atom. The third-order valence-electron chi connectivity index (χ3n) is 2.44. The van der Waals surface area contributed by atoms with Gasteiger partial charge in [-0.2, -0.15) is 13.2 Å². The van der Waals surface area contributed by atoms with Crippen molar-refractivity contribution in [2.75, 3.05) is 19.7 Å². The molecule has 0 bridgehead atoms. The van der Waals surface area contributed by atoms with Crippen LogP contribution in [0.5, 0.6) is 5.75 Å². The van der Waals surface area contributed by atoms with Crippen molar-refractivity contribution in [2.45, 2.75) is 25.9 Å². The van der Waals surface area contributed by atoms with Crippen LogP contribution in [0.1, 0.15) is 25.3 Å². The summed E-state index contributed by atoms with van der Waals surface area (Å²) in [6.45, 7) is 3.97. The third kappa shape index (κ3) is 5.46. The summed E-state index contributed by atoms with van der Waals surface area (Å²) < 4.78 is 55.5. The molecule has 1 aromatic rings. The highest BCUT2D eigenvalue weighted by Gasteiger charge is 2.34. The van der Waals surface area contributed by atoms with Crippen molar-refractivity contribution in [3.05, 3.63) is 29.6 Å². The molecule has 0 radical (unpaired) electrons. The smallest absolute Gasteiger partial charge is 0.419 e. The molecule has 0 aromatic heterocycles. The molecular weight excluding hydrogens is 262 g/mol. The fourth-order valence-electron chi connectivity index (χ4n) is 1.50. The second kappa shape index (κ2) is 7.33. The summed E-state index contributed by atoms with van der Waals surface area (Å²) >= 11 is 0. The molecule has 0 aliphatic heterocycles. The van der Waals surface area contributed by atoms with Crippen molar-refractivity contribution in [1.82, 2.24) is 5.32 Å². The van der Waals surface area contributed by atoms with Gasteiger partial charge in [-0.1, -0.05) is 6.92 Å². The van der Waals surface area contributed by atoms with Crippen LogP contribution in [0.3, 0.4) is 0 Å². The maximum absolute atomic E-state index is 13.0. The second-order valence-electron chi connectivity index (χ2n) is 4.09. The van der Waals surface area contributed by atoms with Crippen molar-refractivity contribution in [1.29, 1.82) is 0 Å². The molecule has 0 saturated heterocycles. The molecule has 108 valence electrons. The number of hydrogen-bond acceptors (Lipinski definition) is 2. The molecule has 0 atom stereocenters. The van der Waals surface area contributed by atoms with E-state index in [1.54, 1.807) is 0 Å². The molecule has 1 N–H and O–H groups in total. The van der Waals surface area contributed by atoms with E-state index in [9.17, 15) is 17.6 Å². The maximum Gasteiger partial charge on any atom is 0.419 e. The van der Waals surface area contributed by atoms with Crippen LogP contribution in [0.2, 0.25) is 0 Å². The minimum absolute atomic E-state index is 0.0317. The minimum Gasteiger partial charge on any atom is -0.494 e. The number of alkyl halides is 3. The zero-order chi connectivity index (χ0) is 14.3. The van der Waals surface area contributed by atoms with Gasteiger partial charge in [0.2, 0.25) is 0 Å². The quantitative estimate of drug-likeness (QED) is 0.608. The highest BCUT2D eigenvalue weighted by Crippen LogP contribution is 2.33. The Kier molecular flexibility index (Phi) is 6.08. The first-order valence-corrected chi connectivity index (χ1v) is 6.15. The van der Waals surface area contributed by atoms with Crippen LogP contribution >= 0.6 is 0 Å². The summed E-state index contributed by atoms with van der Waals surface area (Å²) in [5.41, 5.74) is -1.30. The molecule has 0 saturated carbocycles. The molecule has 1 rings (SSSR count). The number of hydrogen-bond donors (Lipinski definition) is 1. The van der Waals surface area contributed by atoms with Crippen molar-refractivity contribution in [2.24, 2.45) is 0 Å². The second-order valence-corrected chi connectivity index (χ2v) is 4.09. The lowest BCUT2D eigenvalue weighted by Crippen LogP contribution is -2.18. The normalized spacial score (nSPS) is 11.6. The highest BCUT2D eigenvalue weighted by atomic mass is 19.4. The molecule has 1 aromatic carbocycles. The van der Waals surface area contributed by atoms with Crippen LogP contribution in [0.15, 0.2) is 18.2 Å². The van der Waals surface area contributed by atoms with Gasteiger partial charge < -0.3 is 10.1 Å². The molecule has 0 aliphatic carbocycles. The molecule has 0 amide bonds. The first-order valence-electron chi connectivity index (χ1n) is 6.15. The van der Waals surface area contributed by atoms with Crippen molar-refractivity contribution in [3.63, 3.8) is 0 Å². The monoisotopic (exact) mass is 279 g/mol. The molecular formula is C13H17F4NO. The van der Waals surface area contributed by atoms with Gasteiger partial charge in [0.05, 0.1) is 12.2 Å². The van der Waals surface area contributed by atoms with Gasteiger partial charge in [0.25, 0.3) is 0 Å². The average molecular weight is 279 g/mol. The van der Waals surface area contributed by atoms with E-state index in [2.05, 4.69) is 5.32 Å². The topological polar surface area (TPSA) is 21.3 Å². The van der Waals surface area contributed by atoms with E-state index in [1.165, 1.54) is 6.07 Å². The molecule has 0 fully saturated rings. The fraction of sp³-hybridized carbons (Fsp3) is 0.538. The van der Waals surface area contributed by atoms with Crippen LogP contribution in [0, 0.1) is 5.82 Å². The molecule has 19 heavy (non-hydrogen) atoms. The first-order chi connectivity index (χ1) is 8.95. The van der Waals surface area contributed by atoms with E-state index in [0.717, 1.165) is 25.6 Å². The summed E-state index contributed by atoms with van der Waals surface area (Å²) in [5.74, 6) is -1.26. The Balaban J connectivity index is 2.47. The summed E-state index contributed by atoms with van der Waals surface area (Å²) in [6.07, 6.45) is -3.00. The number of ether oxygens (including phenoxy) is 1. The Morgan fingerprint density at radius 3 is 2.58 bits per heavy atom. The molecule has 6 heteroatoms. The molecule has 0 heterocycles. The number of benzene rings is 1. The summed E-state index contributed by atoms with van der Waals surface area (Å²) in [5, 5.41) is 3.15. The van der Waals surface area contributed by atoms with Crippen LogP contribution in [0.4, 0.5) is 17.6 Å². The Labute approximate surface area is 109 Å². The largest absolute Gasteiger partial charge is 0.494 e. The van der Waals surface area contributed by atoms with Gasteiger partial charge in [0.1, 0.15) is 11.6 Å².